The van der Waals surface area contributed by atoms with Crippen LogP contribution in [0.25, 0.3) is 0 Å². The van der Waals surface area contributed by atoms with Crippen LogP contribution in [0.2, 0.25) is 0 Å². The second kappa shape index (κ2) is 7.61. The number of methoxy groups -OCH3 is 1. The van der Waals surface area contributed by atoms with E-state index in [0.717, 1.165) is 23.0 Å². The summed E-state index contributed by atoms with van der Waals surface area (Å²) in [4.78, 5) is 0. The number of hydrogen-bond donors (Lipinski definition) is 1. The zero-order chi connectivity index (χ0) is 15.1. The lowest BCUT2D eigenvalue weighted by Crippen LogP contribution is -2.16. The zero-order valence-corrected chi connectivity index (χ0v) is 12.7. The predicted octanol–water partition coefficient (Wildman–Crippen LogP) is 1.07. The van der Waals surface area contributed by atoms with E-state index in [2.05, 4.69) is 26.9 Å². The molecule has 1 aromatic carbocycles. The van der Waals surface area contributed by atoms with E-state index in [1.807, 2.05) is 13.1 Å². The second-order valence-electron chi connectivity index (χ2n) is 4.22. The summed E-state index contributed by atoms with van der Waals surface area (Å²) in [6, 6.07) is 7.50. The molecule has 8 heteroatoms. The van der Waals surface area contributed by atoms with E-state index in [9.17, 15) is 0 Å². The minimum absolute atomic E-state index is 0.612. The van der Waals surface area contributed by atoms with Crippen LogP contribution < -0.4 is 10.1 Å². The summed E-state index contributed by atoms with van der Waals surface area (Å²) in [7, 11) is 3.50. The van der Waals surface area contributed by atoms with Gasteiger partial charge in [-0.05, 0) is 35.7 Å². The lowest BCUT2D eigenvalue weighted by molar-refractivity contribution is 0.411. The first-order valence-electron chi connectivity index (χ1n) is 6.39. The van der Waals surface area contributed by atoms with Gasteiger partial charge in [-0.1, -0.05) is 11.8 Å². The van der Waals surface area contributed by atoms with Gasteiger partial charge >= 0.3 is 0 Å². The van der Waals surface area contributed by atoms with Gasteiger partial charge in [0.25, 0.3) is 0 Å². The molecule has 7 nitrogen and oxygen atoms in total. The maximum absolute atomic E-state index is 8.98. The normalized spacial score (nSPS) is 10.3. The molecule has 0 unspecified atom stereocenters. The van der Waals surface area contributed by atoms with E-state index in [4.69, 9.17) is 10.00 Å². The third-order valence-corrected chi connectivity index (χ3v) is 3.84. The Morgan fingerprint density at radius 1 is 1.48 bits per heavy atom. The molecule has 0 saturated heterocycles. The number of ether oxygens (including phenoxy) is 1. The highest BCUT2D eigenvalue weighted by molar-refractivity contribution is 7.98. The van der Waals surface area contributed by atoms with Gasteiger partial charge in [0.2, 0.25) is 5.16 Å². The Bertz CT molecular complexity index is 636. The van der Waals surface area contributed by atoms with Crippen molar-refractivity contribution in [3.8, 4) is 11.8 Å². The maximum Gasteiger partial charge on any atom is 0.209 e. The highest BCUT2D eigenvalue weighted by atomic mass is 32.2. The first kappa shape index (κ1) is 15.3. The molecule has 0 amide bonds. The SMILES string of the molecule is CNCCn1nnnc1SCc1cc(C#N)ccc1OC. The Morgan fingerprint density at radius 2 is 2.33 bits per heavy atom. The molecule has 0 aliphatic carbocycles. The Kier molecular flexibility index (Phi) is 5.54. The Hall–Kier alpha value is -2.11. The fourth-order valence-electron chi connectivity index (χ4n) is 1.76. The number of tetrazole rings is 1. The highest BCUT2D eigenvalue weighted by Gasteiger charge is 2.10. The minimum atomic E-state index is 0.612. The molecule has 0 aliphatic rings. The summed E-state index contributed by atoms with van der Waals surface area (Å²) >= 11 is 1.52. The van der Waals surface area contributed by atoms with Crippen molar-refractivity contribution in [1.82, 2.24) is 25.5 Å². The summed E-state index contributed by atoms with van der Waals surface area (Å²) in [5.74, 6) is 1.40. The van der Waals surface area contributed by atoms with Crippen LogP contribution >= 0.6 is 11.8 Å². The van der Waals surface area contributed by atoms with E-state index in [1.54, 1.807) is 23.9 Å². The van der Waals surface area contributed by atoms with Crippen LogP contribution in [0.5, 0.6) is 5.75 Å². The summed E-state index contributed by atoms with van der Waals surface area (Å²) in [6.07, 6.45) is 0. The standard InChI is InChI=1S/C13H16N6OS/c1-15-5-6-19-13(16-17-18-19)21-9-11-7-10(8-14)3-4-12(11)20-2/h3-4,7,15H,5-6,9H2,1-2H3. The van der Waals surface area contributed by atoms with Gasteiger partial charge in [0, 0.05) is 17.9 Å². The first-order valence-corrected chi connectivity index (χ1v) is 7.37. The van der Waals surface area contributed by atoms with Crippen molar-refractivity contribution in [2.45, 2.75) is 17.5 Å². The molecule has 2 rings (SSSR count). The molecule has 110 valence electrons. The maximum atomic E-state index is 8.98. The van der Waals surface area contributed by atoms with Gasteiger partial charge in [-0.25, -0.2) is 4.68 Å². The fourth-order valence-corrected chi connectivity index (χ4v) is 2.64. The molecule has 1 aromatic heterocycles. The zero-order valence-electron chi connectivity index (χ0n) is 11.9. The van der Waals surface area contributed by atoms with Gasteiger partial charge in [0.1, 0.15) is 5.75 Å². The molecule has 0 saturated carbocycles. The molecule has 0 aliphatic heterocycles. The van der Waals surface area contributed by atoms with E-state index in [0.29, 0.717) is 17.9 Å². The van der Waals surface area contributed by atoms with Crippen LogP contribution in [0, 0.1) is 11.3 Å². The van der Waals surface area contributed by atoms with Gasteiger partial charge in [-0.15, -0.1) is 5.10 Å². The average molecular weight is 304 g/mol. The number of aromatic nitrogens is 4. The van der Waals surface area contributed by atoms with Gasteiger partial charge in [0.15, 0.2) is 0 Å². The summed E-state index contributed by atoms with van der Waals surface area (Å²) in [5.41, 5.74) is 1.56. The molecule has 0 radical (unpaired) electrons. The molecular formula is C13H16N6OS. The van der Waals surface area contributed by atoms with Crippen molar-refractivity contribution in [2.75, 3.05) is 20.7 Å². The van der Waals surface area contributed by atoms with Gasteiger partial charge in [0.05, 0.1) is 25.3 Å². The van der Waals surface area contributed by atoms with Crippen LogP contribution in [-0.4, -0.2) is 40.9 Å². The Labute approximate surface area is 127 Å². The molecule has 21 heavy (non-hydrogen) atoms. The van der Waals surface area contributed by atoms with Crippen molar-refractivity contribution in [3.63, 3.8) is 0 Å². The topological polar surface area (TPSA) is 88.7 Å². The second-order valence-corrected chi connectivity index (χ2v) is 5.16. The van der Waals surface area contributed by atoms with Crippen molar-refractivity contribution in [2.24, 2.45) is 0 Å². The summed E-state index contributed by atoms with van der Waals surface area (Å²) in [5, 5.41) is 24.4. The number of nitrogens with one attached hydrogen (secondary N) is 1. The third-order valence-electron chi connectivity index (χ3n) is 2.84. The van der Waals surface area contributed by atoms with Crippen LogP contribution in [0.15, 0.2) is 23.4 Å². The smallest absolute Gasteiger partial charge is 0.209 e. The van der Waals surface area contributed by atoms with Crippen LogP contribution in [0.4, 0.5) is 0 Å². The van der Waals surface area contributed by atoms with Crippen LogP contribution in [-0.2, 0) is 12.3 Å². The number of rotatable bonds is 7. The highest BCUT2D eigenvalue weighted by Crippen LogP contribution is 2.27. The Balaban J connectivity index is 2.09. The quantitative estimate of drug-likeness (QED) is 0.765. The first-order chi connectivity index (χ1) is 10.3. The number of thioether (sulfide) groups is 1. The van der Waals surface area contributed by atoms with Crippen molar-refractivity contribution < 1.29 is 4.74 Å². The fraction of sp³-hybridized carbons (Fsp3) is 0.385. The number of benzene rings is 1. The van der Waals surface area contributed by atoms with E-state index in [1.165, 1.54) is 11.8 Å². The number of nitriles is 1. The van der Waals surface area contributed by atoms with Gasteiger partial charge in [-0.3, -0.25) is 0 Å². The van der Waals surface area contributed by atoms with E-state index in [-0.39, 0.29) is 0 Å². The monoisotopic (exact) mass is 304 g/mol. The molecule has 0 atom stereocenters. The lowest BCUT2D eigenvalue weighted by atomic mass is 10.1. The number of hydrogen-bond acceptors (Lipinski definition) is 7. The van der Waals surface area contributed by atoms with E-state index < -0.39 is 0 Å². The molecule has 1 heterocycles. The summed E-state index contributed by atoms with van der Waals surface area (Å²) in [6.45, 7) is 1.51. The largest absolute Gasteiger partial charge is 0.496 e. The predicted molar refractivity (Wildman–Crippen MR) is 79.0 cm³/mol. The molecule has 0 fully saturated rings. The molecular weight excluding hydrogens is 288 g/mol. The van der Waals surface area contributed by atoms with E-state index >= 15 is 0 Å². The van der Waals surface area contributed by atoms with Gasteiger partial charge < -0.3 is 10.1 Å². The summed E-state index contributed by atoms with van der Waals surface area (Å²) < 4.78 is 7.07. The van der Waals surface area contributed by atoms with Gasteiger partial charge in [-0.2, -0.15) is 5.26 Å². The number of nitrogens with zero attached hydrogens (tertiary/aromatic N) is 5. The van der Waals surface area contributed by atoms with Crippen molar-refractivity contribution in [3.05, 3.63) is 29.3 Å². The minimum Gasteiger partial charge on any atom is -0.496 e. The molecule has 2 aromatic rings. The van der Waals surface area contributed by atoms with Crippen molar-refractivity contribution in [1.29, 1.82) is 5.26 Å². The third kappa shape index (κ3) is 3.93. The van der Waals surface area contributed by atoms with Crippen LogP contribution in [0.3, 0.4) is 0 Å². The molecule has 0 spiro atoms. The van der Waals surface area contributed by atoms with Crippen LogP contribution in [0.1, 0.15) is 11.1 Å². The molecule has 0 bridgehead atoms. The average Bonchev–Trinajstić information content (AvgIpc) is 2.97. The Morgan fingerprint density at radius 3 is 3.05 bits per heavy atom. The molecule has 1 N–H and O–H groups in total. The number of likely N-dealkylation sites (N-methyl/N-ethyl adjacent to an activating group) is 1. The van der Waals surface area contributed by atoms with Crippen molar-refractivity contribution >= 4 is 11.8 Å². The lowest BCUT2D eigenvalue weighted by Gasteiger charge is -2.08.